The Morgan fingerprint density at radius 3 is 2.95 bits per heavy atom. The van der Waals surface area contributed by atoms with E-state index >= 15 is 0 Å². The average Bonchev–Trinajstić information content (AvgIpc) is 2.99. The fourth-order valence-corrected chi connectivity index (χ4v) is 2.41. The van der Waals surface area contributed by atoms with E-state index in [1.165, 1.54) is 0 Å². The molecule has 0 aliphatic rings. The van der Waals surface area contributed by atoms with Crippen LogP contribution in [0.15, 0.2) is 42.7 Å². The van der Waals surface area contributed by atoms with Crippen molar-refractivity contribution in [1.82, 2.24) is 20.1 Å². The lowest BCUT2D eigenvalue weighted by atomic mass is 10.2. The Bertz CT molecular complexity index is 785. The van der Waals surface area contributed by atoms with Crippen LogP contribution in [0.2, 0.25) is 5.02 Å². The molecule has 0 bridgehead atoms. The highest BCUT2D eigenvalue weighted by Gasteiger charge is 2.16. The highest BCUT2D eigenvalue weighted by atomic mass is 35.5. The number of rotatable bonds is 3. The number of hydrogen-bond donors (Lipinski definition) is 1. The molecule has 3 aromatic rings. The second-order valence-electron chi connectivity index (χ2n) is 4.77. The van der Waals surface area contributed by atoms with Crippen LogP contribution in [0, 0.1) is 0 Å². The number of nitrogens with one attached hydrogen (secondary N) is 1. The smallest absolute Gasteiger partial charge is 0.272 e. The van der Waals surface area contributed by atoms with Gasteiger partial charge in [0.15, 0.2) is 0 Å². The van der Waals surface area contributed by atoms with Gasteiger partial charge < -0.3 is 4.90 Å². The fraction of sp³-hybridized carbons (Fsp3) is 0.133. The van der Waals surface area contributed by atoms with Crippen LogP contribution in [0.4, 0.5) is 0 Å². The number of carbonyl (C=O) groups excluding carboxylic acids is 1. The molecule has 2 heterocycles. The van der Waals surface area contributed by atoms with E-state index in [0.717, 1.165) is 10.9 Å². The molecule has 5 nitrogen and oxygen atoms in total. The first-order valence-corrected chi connectivity index (χ1v) is 6.81. The van der Waals surface area contributed by atoms with E-state index in [-0.39, 0.29) is 5.91 Å². The van der Waals surface area contributed by atoms with Gasteiger partial charge in [0.1, 0.15) is 5.69 Å². The quantitative estimate of drug-likeness (QED) is 0.809. The number of aromatic nitrogens is 3. The molecule has 0 saturated heterocycles. The van der Waals surface area contributed by atoms with Crippen LogP contribution < -0.4 is 0 Å². The topological polar surface area (TPSA) is 61.9 Å². The van der Waals surface area contributed by atoms with Crippen molar-refractivity contribution in [2.45, 2.75) is 6.54 Å². The first kappa shape index (κ1) is 13.6. The lowest BCUT2D eigenvalue weighted by Crippen LogP contribution is -2.26. The summed E-state index contributed by atoms with van der Waals surface area (Å²) in [6, 6.07) is 9.10. The number of H-pyrrole nitrogens is 1. The average molecular weight is 301 g/mol. The third kappa shape index (κ3) is 2.73. The van der Waals surface area contributed by atoms with Gasteiger partial charge >= 0.3 is 0 Å². The van der Waals surface area contributed by atoms with Gasteiger partial charge in [-0.15, -0.1) is 0 Å². The minimum Gasteiger partial charge on any atom is -0.336 e. The Hall–Kier alpha value is -2.40. The van der Waals surface area contributed by atoms with Crippen LogP contribution in [0.5, 0.6) is 0 Å². The number of para-hydroxylation sites is 1. The van der Waals surface area contributed by atoms with E-state index in [1.807, 2.05) is 24.3 Å². The number of hydrogen-bond acceptors (Lipinski definition) is 3. The van der Waals surface area contributed by atoms with E-state index in [2.05, 4.69) is 15.2 Å². The second-order valence-corrected chi connectivity index (χ2v) is 5.18. The maximum Gasteiger partial charge on any atom is 0.272 e. The molecule has 2 aromatic heterocycles. The maximum atomic E-state index is 12.4. The Morgan fingerprint density at radius 2 is 2.19 bits per heavy atom. The number of nitrogens with zero attached hydrogens (tertiary/aromatic N) is 3. The maximum absolute atomic E-state index is 12.4. The van der Waals surface area contributed by atoms with Crippen molar-refractivity contribution >= 4 is 28.4 Å². The molecule has 21 heavy (non-hydrogen) atoms. The Labute approximate surface area is 126 Å². The molecule has 0 saturated carbocycles. The molecule has 0 radical (unpaired) electrons. The largest absolute Gasteiger partial charge is 0.336 e. The summed E-state index contributed by atoms with van der Waals surface area (Å²) in [5.74, 6) is -0.177. The number of benzene rings is 1. The number of halogens is 1. The Morgan fingerprint density at radius 1 is 1.38 bits per heavy atom. The van der Waals surface area contributed by atoms with Crippen LogP contribution in [0.3, 0.4) is 0 Å². The van der Waals surface area contributed by atoms with Crippen molar-refractivity contribution in [3.8, 4) is 0 Å². The van der Waals surface area contributed by atoms with Crippen LogP contribution in [-0.2, 0) is 6.54 Å². The van der Waals surface area contributed by atoms with Crippen LogP contribution in [-0.4, -0.2) is 33.0 Å². The summed E-state index contributed by atoms with van der Waals surface area (Å²) in [6.45, 7) is 0.460. The molecule has 1 aromatic carbocycles. The van der Waals surface area contributed by atoms with Gasteiger partial charge in [0, 0.05) is 30.7 Å². The zero-order valence-electron chi connectivity index (χ0n) is 11.4. The van der Waals surface area contributed by atoms with Gasteiger partial charge in [-0.1, -0.05) is 29.8 Å². The van der Waals surface area contributed by atoms with Crippen molar-refractivity contribution in [2.24, 2.45) is 0 Å². The molecule has 0 spiro atoms. The molecule has 0 aliphatic carbocycles. The van der Waals surface area contributed by atoms with Crippen LogP contribution >= 0.6 is 11.6 Å². The molecular weight excluding hydrogens is 288 g/mol. The van der Waals surface area contributed by atoms with Crippen molar-refractivity contribution < 1.29 is 4.79 Å². The van der Waals surface area contributed by atoms with Crippen LogP contribution in [0.1, 0.15) is 16.1 Å². The summed E-state index contributed by atoms with van der Waals surface area (Å²) in [5, 5.41) is 7.95. The van der Waals surface area contributed by atoms with Gasteiger partial charge in [-0.3, -0.25) is 9.89 Å². The van der Waals surface area contributed by atoms with E-state index in [9.17, 15) is 4.79 Å². The molecule has 0 atom stereocenters. The lowest BCUT2D eigenvalue weighted by molar-refractivity contribution is 0.0780. The molecule has 1 N–H and O–H groups in total. The number of carbonyl (C=O) groups is 1. The Balaban J connectivity index is 1.90. The molecule has 1 amide bonds. The third-order valence-electron chi connectivity index (χ3n) is 3.21. The second kappa shape index (κ2) is 5.54. The summed E-state index contributed by atoms with van der Waals surface area (Å²) in [5.41, 5.74) is 1.98. The minimum atomic E-state index is -0.177. The fourth-order valence-electron chi connectivity index (χ4n) is 2.15. The van der Waals surface area contributed by atoms with E-state index in [4.69, 9.17) is 11.6 Å². The van der Waals surface area contributed by atoms with Gasteiger partial charge in [0.25, 0.3) is 5.91 Å². The van der Waals surface area contributed by atoms with Gasteiger partial charge in [-0.2, -0.15) is 5.10 Å². The van der Waals surface area contributed by atoms with E-state index in [0.29, 0.717) is 22.8 Å². The van der Waals surface area contributed by atoms with E-state index < -0.39 is 0 Å². The molecular formula is C15H13ClN4O. The summed E-state index contributed by atoms with van der Waals surface area (Å²) in [4.78, 5) is 18.4. The number of fused-ring (bicyclic) bond motifs is 1. The molecule has 106 valence electrons. The van der Waals surface area contributed by atoms with Crippen molar-refractivity contribution in [3.63, 3.8) is 0 Å². The highest BCUT2D eigenvalue weighted by molar-refractivity contribution is 6.35. The van der Waals surface area contributed by atoms with Crippen LogP contribution in [0.25, 0.3) is 10.9 Å². The molecule has 3 rings (SSSR count). The van der Waals surface area contributed by atoms with Gasteiger partial charge in [-0.25, -0.2) is 4.98 Å². The predicted octanol–water partition coefficient (Wildman–Crippen LogP) is 2.88. The van der Waals surface area contributed by atoms with Crippen molar-refractivity contribution in [1.29, 1.82) is 0 Å². The number of amides is 1. The zero-order chi connectivity index (χ0) is 14.8. The summed E-state index contributed by atoms with van der Waals surface area (Å²) >= 11 is 6.23. The standard InChI is InChI=1S/C15H13ClN4O/c1-20(9-10-7-17-18-8-10)15(21)14-6-12(16)11-4-2-3-5-13(11)19-14/h2-8H,9H2,1H3,(H,17,18). The zero-order valence-corrected chi connectivity index (χ0v) is 12.1. The molecule has 0 unspecified atom stereocenters. The molecule has 0 aliphatic heterocycles. The number of aromatic amines is 1. The third-order valence-corrected chi connectivity index (χ3v) is 3.52. The first-order valence-electron chi connectivity index (χ1n) is 6.43. The monoisotopic (exact) mass is 300 g/mol. The highest BCUT2D eigenvalue weighted by Crippen LogP contribution is 2.23. The van der Waals surface area contributed by atoms with Crippen molar-refractivity contribution in [3.05, 3.63) is 59.0 Å². The summed E-state index contributed by atoms with van der Waals surface area (Å²) in [7, 11) is 1.72. The van der Waals surface area contributed by atoms with E-state index in [1.54, 1.807) is 30.4 Å². The Kier molecular flexibility index (Phi) is 3.58. The summed E-state index contributed by atoms with van der Waals surface area (Å²) < 4.78 is 0. The molecule has 0 fully saturated rings. The predicted molar refractivity (Wildman–Crippen MR) is 81.1 cm³/mol. The van der Waals surface area contributed by atoms with Crippen molar-refractivity contribution in [2.75, 3.05) is 7.05 Å². The van der Waals surface area contributed by atoms with Gasteiger partial charge in [-0.05, 0) is 12.1 Å². The minimum absolute atomic E-state index is 0.177. The first-order chi connectivity index (χ1) is 10.1. The number of pyridine rings is 1. The normalized spacial score (nSPS) is 10.8. The lowest BCUT2D eigenvalue weighted by Gasteiger charge is -2.16. The van der Waals surface area contributed by atoms with Gasteiger partial charge in [0.2, 0.25) is 0 Å². The molecule has 6 heteroatoms. The summed E-state index contributed by atoms with van der Waals surface area (Å²) in [6.07, 6.45) is 3.44. The van der Waals surface area contributed by atoms with Gasteiger partial charge in [0.05, 0.1) is 16.7 Å². The SMILES string of the molecule is CN(Cc1cn[nH]c1)C(=O)c1cc(Cl)c2ccccc2n1.